The lowest BCUT2D eigenvalue weighted by molar-refractivity contribution is 0.674. The molecule has 0 saturated carbocycles. The van der Waals surface area contributed by atoms with Crippen molar-refractivity contribution in [1.82, 2.24) is 9.97 Å². The molecule has 1 aliphatic heterocycles. The van der Waals surface area contributed by atoms with Crippen molar-refractivity contribution in [2.75, 3.05) is 28.4 Å². The van der Waals surface area contributed by atoms with Gasteiger partial charge in [-0.2, -0.15) is 0 Å². The van der Waals surface area contributed by atoms with Gasteiger partial charge in [0.05, 0.1) is 27.5 Å². The molecule has 3 rings (SSSR count). The summed E-state index contributed by atoms with van der Waals surface area (Å²) in [5.74, 6) is 1.38. The molecule has 23 heavy (non-hydrogen) atoms. The minimum atomic E-state index is -1.27. The zero-order valence-electron chi connectivity index (χ0n) is 12.3. The summed E-state index contributed by atoms with van der Waals surface area (Å²) in [6.45, 7) is 2.42. The quantitative estimate of drug-likeness (QED) is 0.801. The van der Waals surface area contributed by atoms with E-state index in [9.17, 15) is 4.21 Å². The lowest BCUT2D eigenvalue weighted by Gasteiger charge is -2.18. The van der Waals surface area contributed by atoms with Gasteiger partial charge in [0.2, 0.25) is 5.16 Å². The van der Waals surface area contributed by atoms with Crippen LogP contribution in [0.2, 0.25) is 10.0 Å². The van der Waals surface area contributed by atoms with E-state index in [1.54, 1.807) is 12.1 Å². The number of rotatable bonds is 4. The van der Waals surface area contributed by atoms with Crippen molar-refractivity contribution < 1.29 is 4.21 Å². The van der Waals surface area contributed by atoms with Crippen LogP contribution in [0.4, 0.5) is 23.0 Å². The summed E-state index contributed by atoms with van der Waals surface area (Å²) < 4.78 is 12.2. The molecule has 0 spiro atoms. The van der Waals surface area contributed by atoms with Crippen LogP contribution in [0.25, 0.3) is 0 Å². The summed E-state index contributed by atoms with van der Waals surface area (Å²) in [6, 6.07) is 5.31. The molecule has 0 amide bonds. The Balaban J connectivity index is 2.03. The van der Waals surface area contributed by atoms with Gasteiger partial charge in [0.25, 0.3) is 0 Å². The van der Waals surface area contributed by atoms with Crippen molar-refractivity contribution in [3.63, 3.8) is 0 Å². The maximum atomic E-state index is 12.2. The fraction of sp³-hybridized carbons (Fsp3) is 0.286. The molecule has 0 aliphatic carbocycles. The van der Waals surface area contributed by atoms with Gasteiger partial charge in [0.1, 0.15) is 5.69 Å². The molecule has 2 aromatic rings. The van der Waals surface area contributed by atoms with Gasteiger partial charge in [-0.3, -0.25) is 4.21 Å². The molecule has 1 aromatic carbocycles. The Kier molecular flexibility index (Phi) is 4.61. The number of aromatic nitrogens is 2. The molecule has 2 heterocycles. The summed E-state index contributed by atoms with van der Waals surface area (Å²) >= 11 is 12.1. The van der Waals surface area contributed by atoms with Gasteiger partial charge in [-0.25, -0.2) is 9.97 Å². The van der Waals surface area contributed by atoms with Gasteiger partial charge in [0.15, 0.2) is 11.6 Å². The topological polar surface area (TPSA) is 84.1 Å². The standard InChI is InChI=1S/C14H15Cl2N5OS/c1-2-5-23(22)14-19-12(17)11-13(20-14)21(7-18-11)8-3-4-9(15)10(16)6-8/h3-4,6,18H,2,5,7H2,1H3,(H2,17,19,20). The van der Waals surface area contributed by atoms with E-state index in [1.165, 1.54) is 0 Å². The Morgan fingerprint density at radius 3 is 2.83 bits per heavy atom. The normalized spacial score (nSPS) is 14.5. The molecule has 1 unspecified atom stereocenters. The number of anilines is 4. The van der Waals surface area contributed by atoms with Crippen LogP contribution in [0.5, 0.6) is 0 Å². The summed E-state index contributed by atoms with van der Waals surface area (Å²) in [4.78, 5) is 10.5. The van der Waals surface area contributed by atoms with Gasteiger partial charge >= 0.3 is 0 Å². The highest BCUT2D eigenvalue weighted by Crippen LogP contribution is 2.39. The highest BCUT2D eigenvalue weighted by molar-refractivity contribution is 7.84. The first kappa shape index (κ1) is 16.3. The minimum absolute atomic E-state index is 0.247. The van der Waals surface area contributed by atoms with E-state index in [4.69, 9.17) is 28.9 Å². The summed E-state index contributed by atoms with van der Waals surface area (Å²) in [6.07, 6.45) is 0.779. The highest BCUT2D eigenvalue weighted by Gasteiger charge is 2.27. The first-order valence-electron chi connectivity index (χ1n) is 7.03. The molecular formula is C14H15Cl2N5OS. The highest BCUT2D eigenvalue weighted by atomic mass is 35.5. The van der Waals surface area contributed by atoms with Crippen LogP contribution in [0.3, 0.4) is 0 Å². The molecule has 6 nitrogen and oxygen atoms in total. The van der Waals surface area contributed by atoms with Crippen LogP contribution >= 0.6 is 23.2 Å². The van der Waals surface area contributed by atoms with E-state index in [0.29, 0.717) is 34.0 Å². The van der Waals surface area contributed by atoms with Gasteiger partial charge < -0.3 is 16.0 Å². The molecule has 0 fully saturated rings. The molecule has 0 radical (unpaired) electrons. The second-order valence-electron chi connectivity index (χ2n) is 5.00. The van der Waals surface area contributed by atoms with Gasteiger partial charge in [-0.05, 0) is 24.6 Å². The van der Waals surface area contributed by atoms with E-state index in [1.807, 2.05) is 17.9 Å². The van der Waals surface area contributed by atoms with Crippen molar-refractivity contribution >= 4 is 57.0 Å². The number of halogens is 2. The second kappa shape index (κ2) is 6.51. The Morgan fingerprint density at radius 2 is 2.13 bits per heavy atom. The monoisotopic (exact) mass is 371 g/mol. The largest absolute Gasteiger partial charge is 0.382 e. The maximum Gasteiger partial charge on any atom is 0.222 e. The molecular weight excluding hydrogens is 357 g/mol. The number of nitrogens with zero attached hydrogens (tertiary/aromatic N) is 3. The lowest BCUT2D eigenvalue weighted by atomic mass is 10.3. The average molecular weight is 372 g/mol. The number of nitrogens with two attached hydrogens (primary N) is 1. The van der Waals surface area contributed by atoms with Crippen LogP contribution in [-0.2, 0) is 10.8 Å². The van der Waals surface area contributed by atoms with Crippen molar-refractivity contribution in [2.24, 2.45) is 0 Å². The Hall–Kier alpha value is -1.57. The predicted molar refractivity (Wildman–Crippen MR) is 95.1 cm³/mol. The molecule has 1 aliphatic rings. The van der Waals surface area contributed by atoms with Crippen molar-refractivity contribution in [1.29, 1.82) is 0 Å². The van der Waals surface area contributed by atoms with Crippen LogP contribution in [-0.4, -0.2) is 26.6 Å². The minimum Gasteiger partial charge on any atom is -0.382 e. The Bertz CT molecular complexity index is 786. The summed E-state index contributed by atoms with van der Waals surface area (Å²) in [7, 11) is -1.27. The molecule has 3 N–H and O–H groups in total. The van der Waals surface area contributed by atoms with Gasteiger partial charge in [0, 0.05) is 11.4 Å². The number of fused-ring (bicyclic) bond motifs is 1. The fourth-order valence-corrected chi connectivity index (χ4v) is 3.52. The molecule has 122 valence electrons. The van der Waals surface area contributed by atoms with Crippen molar-refractivity contribution in [2.45, 2.75) is 18.5 Å². The molecule has 1 atom stereocenters. The fourth-order valence-electron chi connectivity index (χ4n) is 2.29. The van der Waals surface area contributed by atoms with E-state index < -0.39 is 10.8 Å². The Labute approximate surface area is 146 Å². The first-order chi connectivity index (χ1) is 11.0. The van der Waals surface area contributed by atoms with Crippen molar-refractivity contribution in [3.05, 3.63) is 28.2 Å². The Morgan fingerprint density at radius 1 is 1.35 bits per heavy atom. The third-order valence-corrected chi connectivity index (χ3v) is 5.48. The molecule has 0 saturated heterocycles. The van der Waals surface area contributed by atoms with Crippen LogP contribution in [0.1, 0.15) is 13.3 Å². The molecule has 0 bridgehead atoms. The maximum absolute atomic E-state index is 12.2. The number of nitrogens with one attached hydrogen (secondary N) is 1. The lowest BCUT2D eigenvalue weighted by Crippen LogP contribution is -2.17. The van der Waals surface area contributed by atoms with E-state index >= 15 is 0 Å². The average Bonchev–Trinajstić information content (AvgIpc) is 2.95. The SMILES string of the molecule is CCCS(=O)c1nc(N)c2c(n1)N(c1ccc(Cl)c(Cl)c1)CN2. The third-order valence-electron chi connectivity index (χ3n) is 3.38. The number of hydrogen-bond acceptors (Lipinski definition) is 6. The van der Waals surface area contributed by atoms with E-state index in [2.05, 4.69) is 15.3 Å². The molecule has 9 heteroatoms. The molecule has 1 aromatic heterocycles. The van der Waals surface area contributed by atoms with E-state index in [0.717, 1.165) is 12.1 Å². The zero-order chi connectivity index (χ0) is 16.6. The number of nitrogen functional groups attached to an aromatic ring is 1. The van der Waals surface area contributed by atoms with Gasteiger partial charge in [-0.15, -0.1) is 0 Å². The second-order valence-corrected chi connectivity index (χ2v) is 7.28. The van der Waals surface area contributed by atoms with Crippen molar-refractivity contribution in [3.8, 4) is 0 Å². The number of benzene rings is 1. The summed E-state index contributed by atoms with van der Waals surface area (Å²) in [5.41, 5.74) is 7.43. The number of hydrogen-bond donors (Lipinski definition) is 2. The predicted octanol–water partition coefficient (Wildman–Crippen LogP) is 3.40. The van der Waals surface area contributed by atoms with Crippen LogP contribution in [0, 0.1) is 0 Å². The smallest absolute Gasteiger partial charge is 0.222 e. The van der Waals surface area contributed by atoms with Crippen LogP contribution < -0.4 is 16.0 Å². The van der Waals surface area contributed by atoms with Crippen LogP contribution in [0.15, 0.2) is 23.4 Å². The third kappa shape index (κ3) is 3.08. The summed E-state index contributed by atoms with van der Waals surface area (Å²) in [5, 5.41) is 4.33. The zero-order valence-corrected chi connectivity index (χ0v) is 14.7. The van der Waals surface area contributed by atoms with Gasteiger partial charge in [-0.1, -0.05) is 30.1 Å². The first-order valence-corrected chi connectivity index (χ1v) is 9.11. The van der Waals surface area contributed by atoms with E-state index in [-0.39, 0.29) is 11.0 Å².